The van der Waals surface area contributed by atoms with Gasteiger partial charge in [0.2, 0.25) is 0 Å². The third-order valence-corrected chi connectivity index (χ3v) is 5.63. The van der Waals surface area contributed by atoms with E-state index < -0.39 is 5.79 Å². The van der Waals surface area contributed by atoms with E-state index in [1.54, 1.807) is 14.2 Å². The predicted octanol–water partition coefficient (Wildman–Crippen LogP) is 3.70. The SMILES string of the molecule is COC1(OC)CCC(C(CN)c2c[nH]c3ccc(C)cc23)CC1. The molecule has 1 saturated carbocycles. The molecule has 1 fully saturated rings. The zero-order valence-corrected chi connectivity index (χ0v) is 14.4. The number of nitrogens with one attached hydrogen (secondary N) is 1. The van der Waals surface area contributed by atoms with Gasteiger partial charge >= 0.3 is 0 Å². The van der Waals surface area contributed by atoms with Crippen LogP contribution in [0.25, 0.3) is 10.9 Å². The maximum atomic E-state index is 6.18. The first-order valence-corrected chi connectivity index (χ1v) is 8.50. The summed E-state index contributed by atoms with van der Waals surface area (Å²) in [7, 11) is 3.49. The molecular formula is C19H28N2O2. The van der Waals surface area contributed by atoms with E-state index in [1.807, 2.05) is 0 Å². The van der Waals surface area contributed by atoms with Gasteiger partial charge in [0.25, 0.3) is 0 Å². The smallest absolute Gasteiger partial charge is 0.167 e. The van der Waals surface area contributed by atoms with Crippen molar-refractivity contribution in [2.45, 2.75) is 44.3 Å². The van der Waals surface area contributed by atoms with Gasteiger partial charge in [0, 0.05) is 50.1 Å². The van der Waals surface area contributed by atoms with Gasteiger partial charge < -0.3 is 20.2 Å². The van der Waals surface area contributed by atoms with Crippen molar-refractivity contribution in [3.63, 3.8) is 0 Å². The normalized spacial score (nSPS) is 20.0. The second-order valence-corrected chi connectivity index (χ2v) is 6.79. The Labute approximate surface area is 138 Å². The molecule has 0 saturated heterocycles. The van der Waals surface area contributed by atoms with Crippen LogP contribution in [0.2, 0.25) is 0 Å². The van der Waals surface area contributed by atoms with Crippen molar-refractivity contribution in [1.29, 1.82) is 0 Å². The highest BCUT2D eigenvalue weighted by Crippen LogP contribution is 2.42. The lowest BCUT2D eigenvalue weighted by Crippen LogP contribution is -2.39. The Morgan fingerprint density at radius 3 is 2.57 bits per heavy atom. The topological polar surface area (TPSA) is 60.3 Å². The zero-order valence-electron chi connectivity index (χ0n) is 14.4. The minimum absolute atomic E-state index is 0.386. The maximum absolute atomic E-state index is 6.18. The monoisotopic (exact) mass is 316 g/mol. The number of nitrogens with two attached hydrogens (primary N) is 1. The Morgan fingerprint density at radius 2 is 1.96 bits per heavy atom. The Kier molecular flexibility index (Phi) is 4.76. The first kappa shape index (κ1) is 16.5. The van der Waals surface area contributed by atoms with E-state index in [0.29, 0.717) is 18.4 Å². The number of hydrogen-bond donors (Lipinski definition) is 2. The summed E-state index contributed by atoms with van der Waals surface area (Å²) in [6.07, 6.45) is 6.19. The van der Waals surface area contributed by atoms with E-state index in [-0.39, 0.29) is 0 Å². The number of ether oxygens (including phenoxy) is 2. The van der Waals surface area contributed by atoms with Crippen molar-refractivity contribution in [3.8, 4) is 0 Å². The predicted molar refractivity (Wildman–Crippen MR) is 93.5 cm³/mol. The summed E-state index contributed by atoms with van der Waals surface area (Å²) in [5.74, 6) is 0.571. The quantitative estimate of drug-likeness (QED) is 0.827. The number of rotatable bonds is 5. The van der Waals surface area contributed by atoms with E-state index in [9.17, 15) is 0 Å². The van der Waals surface area contributed by atoms with Gasteiger partial charge in [0.15, 0.2) is 5.79 Å². The standard InChI is InChI=1S/C19H28N2O2/c1-13-4-5-18-15(10-13)17(12-21-18)16(11-20)14-6-8-19(22-2,23-3)9-7-14/h4-5,10,12,14,16,21H,6-9,11,20H2,1-3H3. The van der Waals surface area contributed by atoms with E-state index in [1.165, 1.54) is 22.0 Å². The first-order chi connectivity index (χ1) is 11.1. The van der Waals surface area contributed by atoms with Crippen LogP contribution >= 0.6 is 0 Å². The molecule has 0 spiro atoms. The number of benzene rings is 1. The fourth-order valence-electron chi connectivity index (χ4n) is 4.11. The Bertz CT molecular complexity index is 650. The molecule has 1 aromatic carbocycles. The van der Waals surface area contributed by atoms with E-state index >= 15 is 0 Å². The molecule has 1 aliphatic rings. The van der Waals surface area contributed by atoms with Gasteiger partial charge in [-0.1, -0.05) is 11.6 Å². The van der Waals surface area contributed by atoms with Crippen LogP contribution in [0.15, 0.2) is 24.4 Å². The van der Waals surface area contributed by atoms with Crippen LogP contribution in [0.3, 0.4) is 0 Å². The van der Waals surface area contributed by atoms with E-state index in [2.05, 4.69) is 36.3 Å². The van der Waals surface area contributed by atoms with Crippen LogP contribution in [0.1, 0.15) is 42.7 Å². The third kappa shape index (κ3) is 3.03. The van der Waals surface area contributed by atoms with Crippen LogP contribution in [0.4, 0.5) is 0 Å². The van der Waals surface area contributed by atoms with Crippen molar-refractivity contribution >= 4 is 10.9 Å². The van der Waals surface area contributed by atoms with Crippen LogP contribution < -0.4 is 5.73 Å². The molecule has 1 heterocycles. The number of aryl methyl sites for hydroxylation is 1. The summed E-state index contributed by atoms with van der Waals surface area (Å²) < 4.78 is 11.2. The molecule has 4 nitrogen and oxygen atoms in total. The molecule has 4 heteroatoms. The van der Waals surface area contributed by atoms with Gasteiger partial charge in [-0.05, 0) is 49.9 Å². The summed E-state index contributed by atoms with van der Waals surface area (Å²) in [4.78, 5) is 3.40. The summed E-state index contributed by atoms with van der Waals surface area (Å²) in [6, 6.07) is 6.57. The van der Waals surface area contributed by atoms with Crippen LogP contribution in [0.5, 0.6) is 0 Å². The summed E-state index contributed by atoms with van der Waals surface area (Å²) in [5, 5.41) is 1.32. The van der Waals surface area contributed by atoms with Gasteiger partial charge in [-0.2, -0.15) is 0 Å². The lowest BCUT2D eigenvalue weighted by molar-refractivity contribution is -0.228. The fraction of sp³-hybridized carbons (Fsp3) is 0.579. The number of aromatic nitrogens is 1. The summed E-state index contributed by atoms with van der Waals surface area (Å²) in [5.41, 5.74) is 10.0. The van der Waals surface area contributed by atoms with Crippen molar-refractivity contribution < 1.29 is 9.47 Å². The second-order valence-electron chi connectivity index (χ2n) is 6.79. The first-order valence-electron chi connectivity index (χ1n) is 8.50. The highest BCUT2D eigenvalue weighted by molar-refractivity contribution is 5.84. The maximum Gasteiger partial charge on any atom is 0.167 e. The molecule has 0 aliphatic heterocycles. The second kappa shape index (κ2) is 6.63. The minimum Gasteiger partial charge on any atom is -0.361 e. The molecule has 1 atom stereocenters. The minimum atomic E-state index is -0.396. The van der Waals surface area contributed by atoms with Crippen molar-refractivity contribution in [2.24, 2.45) is 11.7 Å². The molecule has 0 radical (unpaired) electrons. The lowest BCUT2D eigenvalue weighted by atomic mass is 9.75. The number of fused-ring (bicyclic) bond motifs is 1. The van der Waals surface area contributed by atoms with Gasteiger partial charge in [-0.25, -0.2) is 0 Å². The molecule has 2 aromatic rings. The van der Waals surface area contributed by atoms with Crippen molar-refractivity contribution in [1.82, 2.24) is 4.98 Å². The molecule has 23 heavy (non-hydrogen) atoms. The number of H-pyrrole nitrogens is 1. The zero-order chi connectivity index (χ0) is 16.4. The largest absolute Gasteiger partial charge is 0.361 e. The van der Waals surface area contributed by atoms with Crippen molar-refractivity contribution in [2.75, 3.05) is 20.8 Å². The molecule has 3 rings (SSSR count). The van der Waals surface area contributed by atoms with Crippen LogP contribution in [0, 0.1) is 12.8 Å². The van der Waals surface area contributed by atoms with Gasteiger partial charge in [0.05, 0.1) is 0 Å². The van der Waals surface area contributed by atoms with Gasteiger partial charge in [-0.15, -0.1) is 0 Å². The Morgan fingerprint density at radius 1 is 1.26 bits per heavy atom. The molecule has 3 N–H and O–H groups in total. The Hall–Kier alpha value is -1.36. The Balaban J connectivity index is 1.84. The van der Waals surface area contributed by atoms with E-state index in [0.717, 1.165) is 25.7 Å². The molecule has 1 unspecified atom stereocenters. The highest BCUT2D eigenvalue weighted by Gasteiger charge is 2.38. The van der Waals surface area contributed by atoms with Crippen molar-refractivity contribution in [3.05, 3.63) is 35.5 Å². The van der Waals surface area contributed by atoms with E-state index in [4.69, 9.17) is 15.2 Å². The molecule has 0 amide bonds. The van der Waals surface area contributed by atoms with Crippen LogP contribution in [-0.2, 0) is 9.47 Å². The number of hydrogen-bond acceptors (Lipinski definition) is 3. The lowest BCUT2D eigenvalue weighted by Gasteiger charge is -2.40. The molecular weight excluding hydrogens is 288 g/mol. The van der Waals surface area contributed by atoms with Crippen LogP contribution in [-0.4, -0.2) is 31.5 Å². The summed E-state index contributed by atoms with van der Waals surface area (Å²) in [6.45, 7) is 2.82. The fourth-order valence-corrected chi connectivity index (χ4v) is 4.11. The summed E-state index contributed by atoms with van der Waals surface area (Å²) >= 11 is 0. The average Bonchev–Trinajstić information content (AvgIpc) is 2.99. The molecule has 126 valence electrons. The highest BCUT2D eigenvalue weighted by atomic mass is 16.7. The average molecular weight is 316 g/mol. The molecule has 0 bridgehead atoms. The molecule has 1 aromatic heterocycles. The number of methoxy groups -OCH3 is 2. The third-order valence-electron chi connectivity index (χ3n) is 5.63. The molecule has 1 aliphatic carbocycles. The van der Waals surface area contributed by atoms with Gasteiger partial charge in [-0.3, -0.25) is 0 Å². The number of aromatic amines is 1. The van der Waals surface area contributed by atoms with Gasteiger partial charge in [0.1, 0.15) is 0 Å².